The van der Waals surface area contributed by atoms with E-state index in [-0.39, 0.29) is 5.91 Å². The van der Waals surface area contributed by atoms with Gasteiger partial charge in [0.2, 0.25) is 0 Å². The van der Waals surface area contributed by atoms with Crippen molar-refractivity contribution >= 4 is 40.3 Å². The van der Waals surface area contributed by atoms with Gasteiger partial charge in [0.1, 0.15) is 5.75 Å². The maximum Gasteiger partial charge on any atom is 0.270 e. The number of carbonyl (C=O) groups excluding carboxylic acids is 1. The topological polar surface area (TPSA) is 34.0 Å². The number of benzene rings is 1. The first-order valence-corrected chi connectivity index (χ1v) is 9.55. The molecule has 6 heteroatoms. The van der Waals surface area contributed by atoms with Crippen molar-refractivity contribution in [2.75, 3.05) is 20.3 Å². The first-order chi connectivity index (χ1) is 11.6. The summed E-state index contributed by atoms with van der Waals surface area (Å²) in [5, 5.41) is 0. The monoisotopic (exact) mass is 363 g/mol. The number of nitrogens with zero attached hydrogens (tertiary/aromatic N) is 1. The molecule has 0 radical (unpaired) electrons. The number of amides is 1. The van der Waals surface area contributed by atoms with E-state index in [2.05, 4.69) is 6.92 Å². The summed E-state index contributed by atoms with van der Waals surface area (Å²) < 4.78 is 5.84. The molecule has 2 heterocycles. The van der Waals surface area contributed by atoms with Crippen LogP contribution in [0, 0.1) is 0 Å². The SMILES string of the molecule is COc1ccc(/C=C2/SC(=S)N(C[NH+]3CCCC[C@H]3C)C2=O)cc1. The van der Waals surface area contributed by atoms with Crippen LogP contribution in [0.3, 0.4) is 0 Å². The van der Waals surface area contributed by atoms with Gasteiger partial charge in [-0.25, -0.2) is 4.90 Å². The third-order valence-corrected chi connectivity index (χ3v) is 6.11. The fourth-order valence-corrected chi connectivity index (χ4v) is 4.43. The number of hydrogen-bond donors (Lipinski definition) is 1. The second-order valence-electron chi connectivity index (χ2n) is 6.35. The number of ether oxygens (including phenoxy) is 1. The molecule has 1 amide bonds. The van der Waals surface area contributed by atoms with Crippen LogP contribution in [-0.4, -0.2) is 41.5 Å². The van der Waals surface area contributed by atoms with Gasteiger partial charge in [0.25, 0.3) is 5.91 Å². The van der Waals surface area contributed by atoms with Gasteiger partial charge in [-0.3, -0.25) is 4.79 Å². The number of thioether (sulfide) groups is 1. The molecule has 2 aliphatic heterocycles. The zero-order chi connectivity index (χ0) is 17.1. The van der Waals surface area contributed by atoms with Crippen molar-refractivity contribution in [2.24, 2.45) is 0 Å². The van der Waals surface area contributed by atoms with Gasteiger partial charge in [0.05, 0.1) is 24.6 Å². The maximum absolute atomic E-state index is 12.7. The molecule has 1 unspecified atom stereocenters. The van der Waals surface area contributed by atoms with Gasteiger partial charge in [-0.05, 0) is 50.0 Å². The number of carbonyl (C=O) groups is 1. The zero-order valence-electron chi connectivity index (χ0n) is 14.1. The second-order valence-corrected chi connectivity index (χ2v) is 8.02. The van der Waals surface area contributed by atoms with Crippen LogP contribution >= 0.6 is 24.0 Å². The number of thiocarbonyl (C=S) groups is 1. The Labute approximate surface area is 152 Å². The van der Waals surface area contributed by atoms with E-state index < -0.39 is 0 Å². The van der Waals surface area contributed by atoms with Crippen LogP contribution in [0.15, 0.2) is 29.2 Å². The maximum atomic E-state index is 12.7. The van der Waals surface area contributed by atoms with E-state index in [0.717, 1.165) is 17.9 Å². The van der Waals surface area contributed by atoms with Gasteiger partial charge in [-0.15, -0.1) is 0 Å². The van der Waals surface area contributed by atoms with Crippen molar-refractivity contribution in [3.8, 4) is 5.75 Å². The average Bonchev–Trinajstić information content (AvgIpc) is 2.85. The number of quaternary nitrogens is 1. The molecule has 1 aromatic rings. The minimum Gasteiger partial charge on any atom is -0.497 e. The molecule has 4 nitrogen and oxygen atoms in total. The molecule has 2 atom stereocenters. The van der Waals surface area contributed by atoms with Gasteiger partial charge < -0.3 is 9.64 Å². The van der Waals surface area contributed by atoms with Crippen molar-refractivity contribution in [3.63, 3.8) is 0 Å². The summed E-state index contributed by atoms with van der Waals surface area (Å²) in [6.07, 6.45) is 5.66. The van der Waals surface area contributed by atoms with Crippen LogP contribution < -0.4 is 9.64 Å². The molecule has 2 fully saturated rings. The van der Waals surface area contributed by atoms with Gasteiger partial charge in [0, 0.05) is 0 Å². The van der Waals surface area contributed by atoms with E-state index in [4.69, 9.17) is 17.0 Å². The van der Waals surface area contributed by atoms with E-state index in [1.165, 1.54) is 35.9 Å². The Hall–Kier alpha value is -1.37. The quantitative estimate of drug-likeness (QED) is 0.658. The molecule has 0 saturated carbocycles. The number of likely N-dealkylation sites (tertiary alicyclic amines) is 1. The largest absolute Gasteiger partial charge is 0.497 e. The number of nitrogens with one attached hydrogen (secondary N) is 1. The van der Waals surface area contributed by atoms with Crippen LogP contribution in [0.4, 0.5) is 0 Å². The fourth-order valence-electron chi connectivity index (χ4n) is 3.18. The number of methoxy groups -OCH3 is 1. The first kappa shape index (κ1) is 17.5. The smallest absolute Gasteiger partial charge is 0.270 e. The lowest BCUT2D eigenvalue weighted by Gasteiger charge is -2.32. The van der Waals surface area contributed by atoms with Crippen molar-refractivity contribution in [1.29, 1.82) is 0 Å². The third-order valence-electron chi connectivity index (χ3n) is 4.73. The summed E-state index contributed by atoms with van der Waals surface area (Å²) in [5.41, 5.74) is 0.981. The number of piperidine rings is 1. The summed E-state index contributed by atoms with van der Waals surface area (Å²) in [5.74, 6) is 0.841. The Morgan fingerprint density at radius 1 is 1.38 bits per heavy atom. The molecule has 0 bridgehead atoms. The van der Waals surface area contributed by atoms with E-state index in [0.29, 0.717) is 21.9 Å². The Morgan fingerprint density at radius 3 is 2.79 bits per heavy atom. The highest BCUT2D eigenvalue weighted by Crippen LogP contribution is 2.32. The highest BCUT2D eigenvalue weighted by atomic mass is 32.2. The molecule has 2 aliphatic rings. The molecular formula is C18H23N2O2S2+. The molecule has 24 heavy (non-hydrogen) atoms. The molecule has 0 spiro atoms. The van der Waals surface area contributed by atoms with Crippen molar-refractivity contribution in [2.45, 2.75) is 32.2 Å². The Bertz CT molecular complexity index is 657. The summed E-state index contributed by atoms with van der Waals surface area (Å²) in [6, 6.07) is 8.28. The van der Waals surface area contributed by atoms with E-state index in [1.54, 1.807) is 12.0 Å². The lowest BCUT2D eigenvalue weighted by molar-refractivity contribution is -0.935. The molecule has 2 saturated heterocycles. The minimum absolute atomic E-state index is 0.0334. The normalized spacial score (nSPS) is 26.2. The second kappa shape index (κ2) is 7.68. The van der Waals surface area contributed by atoms with Gasteiger partial charge in [-0.2, -0.15) is 0 Å². The van der Waals surface area contributed by atoms with Gasteiger partial charge >= 0.3 is 0 Å². The zero-order valence-corrected chi connectivity index (χ0v) is 15.7. The molecule has 128 valence electrons. The first-order valence-electron chi connectivity index (χ1n) is 8.32. The molecule has 0 aliphatic carbocycles. The number of rotatable bonds is 4. The summed E-state index contributed by atoms with van der Waals surface area (Å²) >= 11 is 6.85. The Kier molecular flexibility index (Phi) is 5.58. The van der Waals surface area contributed by atoms with Crippen molar-refractivity contribution in [1.82, 2.24) is 4.90 Å². The van der Waals surface area contributed by atoms with Crippen LogP contribution in [0.2, 0.25) is 0 Å². The molecule has 0 aromatic heterocycles. The molecule has 1 aromatic carbocycles. The average molecular weight is 364 g/mol. The van der Waals surface area contributed by atoms with Gasteiger partial charge in [0.15, 0.2) is 11.0 Å². The molecular weight excluding hydrogens is 340 g/mol. The summed E-state index contributed by atoms with van der Waals surface area (Å²) in [4.78, 5) is 16.7. The molecule has 3 rings (SSSR count). The highest BCUT2D eigenvalue weighted by molar-refractivity contribution is 8.26. The Morgan fingerprint density at radius 2 is 2.12 bits per heavy atom. The van der Waals surface area contributed by atoms with Crippen LogP contribution in [0.5, 0.6) is 5.75 Å². The summed E-state index contributed by atoms with van der Waals surface area (Å²) in [7, 11) is 1.64. The summed E-state index contributed by atoms with van der Waals surface area (Å²) in [6.45, 7) is 4.07. The lowest BCUT2D eigenvalue weighted by Crippen LogP contribution is -3.17. The predicted octanol–water partition coefficient (Wildman–Crippen LogP) is 2.31. The van der Waals surface area contributed by atoms with Crippen LogP contribution in [0.1, 0.15) is 31.7 Å². The van der Waals surface area contributed by atoms with Gasteiger partial charge in [-0.1, -0.05) is 36.1 Å². The predicted molar refractivity (Wildman–Crippen MR) is 102 cm³/mol. The molecule has 1 N–H and O–H groups in total. The fraction of sp³-hybridized carbons (Fsp3) is 0.444. The number of hydrogen-bond acceptors (Lipinski definition) is 4. The minimum atomic E-state index is 0.0334. The Balaban J connectivity index is 1.71. The van der Waals surface area contributed by atoms with Crippen molar-refractivity contribution < 1.29 is 14.4 Å². The van der Waals surface area contributed by atoms with E-state index in [1.807, 2.05) is 30.3 Å². The van der Waals surface area contributed by atoms with E-state index >= 15 is 0 Å². The van der Waals surface area contributed by atoms with Crippen LogP contribution in [0.25, 0.3) is 6.08 Å². The highest BCUT2D eigenvalue weighted by Gasteiger charge is 2.36. The standard InChI is InChI=1S/C18H22N2O2S2/c1-13-5-3-4-10-19(13)12-20-17(21)16(24-18(20)23)11-14-6-8-15(22-2)9-7-14/h6-9,11,13H,3-5,10,12H2,1-2H3/p+1/b16-11+/t13-/m1/s1. The van der Waals surface area contributed by atoms with Crippen LogP contribution in [-0.2, 0) is 4.79 Å². The third kappa shape index (κ3) is 3.82. The van der Waals surface area contributed by atoms with Crippen molar-refractivity contribution in [3.05, 3.63) is 34.7 Å². The van der Waals surface area contributed by atoms with E-state index in [9.17, 15) is 4.79 Å². The lowest BCUT2D eigenvalue weighted by atomic mass is 10.0.